The van der Waals surface area contributed by atoms with Gasteiger partial charge in [0.1, 0.15) is 0 Å². The summed E-state index contributed by atoms with van der Waals surface area (Å²) in [5.41, 5.74) is 8.35. The van der Waals surface area contributed by atoms with Crippen molar-refractivity contribution < 1.29 is 0 Å². The highest BCUT2D eigenvalue weighted by Gasteiger charge is 2.42. The molecule has 0 radical (unpaired) electrons. The predicted octanol–water partition coefficient (Wildman–Crippen LogP) is 5.68. The third kappa shape index (κ3) is 4.10. The number of hydrogen-bond donors (Lipinski definition) is 1. The van der Waals surface area contributed by atoms with E-state index in [0.29, 0.717) is 0 Å². The lowest BCUT2D eigenvalue weighted by molar-refractivity contribution is 0.563. The van der Waals surface area contributed by atoms with Crippen LogP contribution in [0.1, 0.15) is 52.8 Å². The maximum atomic E-state index is 5.90. The standard InChI is InChI=1S/C28H29N5S/c1-4-21-8-10-23(11-9-21)33-27(26(31-28(33)34)25-7-5-6-14-30-25)24-17-19(2)32(20(24)3)18-22-12-15-29-16-13-22/h5-17,26-27H,4,18H2,1-3H3,(H,31,34)/t26-,27+/m0/s1. The smallest absolute Gasteiger partial charge is 0.174 e. The molecule has 0 aliphatic carbocycles. The van der Waals surface area contributed by atoms with Crippen molar-refractivity contribution in [2.24, 2.45) is 0 Å². The molecule has 1 saturated heterocycles. The summed E-state index contributed by atoms with van der Waals surface area (Å²) in [6.07, 6.45) is 6.56. The van der Waals surface area contributed by atoms with Crippen molar-refractivity contribution in [3.63, 3.8) is 0 Å². The van der Waals surface area contributed by atoms with E-state index in [0.717, 1.165) is 29.5 Å². The van der Waals surface area contributed by atoms with Crippen molar-refractivity contribution >= 4 is 23.0 Å². The van der Waals surface area contributed by atoms with Gasteiger partial charge in [0, 0.05) is 42.2 Å². The third-order valence-corrected chi connectivity index (χ3v) is 7.06. The lowest BCUT2D eigenvalue weighted by atomic mass is 9.96. The van der Waals surface area contributed by atoms with Gasteiger partial charge in [0.25, 0.3) is 0 Å². The maximum absolute atomic E-state index is 5.90. The maximum Gasteiger partial charge on any atom is 0.174 e. The highest BCUT2D eigenvalue weighted by Crippen LogP contribution is 2.43. The number of aromatic nitrogens is 3. The van der Waals surface area contributed by atoms with Crippen LogP contribution >= 0.6 is 12.2 Å². The molecule has 1 aliphatic rings. The summed E-state index contributed by atoms with van der Waals surface area (Å²) in [6, 6.07) is 21.2. The predicted molar refractivity (Wildman–Crippen MR) is 141 cm³/mol. The average Bonchev–Trinajstić information content (AvgIpc) is 3.36. The number of thiocarbonyl (C=S) groups is 1. The van der Waals surface area contributed by atoms with Crippen LogP contribution in [0.2, 0.25) is 0 Å². The van der Waals surface area contributed by atoms with Gasteiger partial charge in [-0.15, -0.1) is 0 Å². The first kappa shape index (κ1) is 22.3. The van der Waals surface area contributed by atoms with Crippen LogP contribution in [0.5, 0.6) is 0 Å². The van der Waals surface area contributed by atoms with Gasteiger partial charge in [-0.3, -0.25) is 9.97 Å². The second kappa shape index (κ2) is 9.39. The molecule has 1 aromatic carbocycles. The van der Waals surface area contributed by atoms with Gasteiger partial charge in [-0.1, -0.05) is 25.1 Å². The van der Waals surface area contributed by atoms with Gasteiger partial charge in [0.15, 0.2) is 5.11 Å². The Morgan fingerprint density at radius 1 is 0.941 bits per heavy atom. The minimum Gasteiger partial charge on any atom is -0.351 e. The number of nitrogens with zero attached hydrogens (tertiary/aromatic N) is 4. The monoisotopic (exact) mass is 467 g/mol. The summed E-state index contributed by atoms with van der Waals surface area (Å²) in [6.45, 7) is 7.37. The molecule has 3 aromatic heterocycles. The Balaban J connectivity index is 1.61. The number of benzene rings is 1. The Bertz CT molecular complexity index is 1280. The zero-order chi connectivity index (χ0) is 23.7. The van der Waals surface area contributed by atoms with Gasteiger partial charge in [0.05, 0.1) is 17.8 Å². The van der Waals surface area contributed by atoms with Gasteiger partial charge >= 0.3 is 0 Å². The number of anilines is 1. The Kier molecular flexibility index (Phi) is 6.16. The summed E-state index contributed by atoms with van der Waals surface area (Å²) in [5.74, 6) is 0. The number of rotatable bonds is 6. The van der Waals surface area contributed by atoms with Crippen molar-refractivity contribution in [3.8, 4) is 0 Å². The van der Waals surface area contributed by atoms with Crippen LogP contribution in [0.15, 0.2) is 79.3 Å². The fourth-order valence-corrected chi connectivity index (χ4v) is 5.23. The molecule has 0 saturated carbocycles. The fourth-order valence-electron chi connectivity index (χ4n) is 4.88. The van der Waals surface area contributed by atoms with Gasteiger partial charge in [-0.05, 0) is 91.6 Å². The van der Waals surface area contributed by atoms with E-state index in [1.807, 2.05) is 30.7 Å². The quantitative estimate of drug-likeness (QED) is 0.370. The SMILES string of the molecule is CCc1ccc(N2C(=S)N[C@@H](c3ccccn3)[C@H]2c2cc(C)n(Cc3ccncc3)c2C)cc1. The lowest BCUT2D eigenvalue weighted by Gasteiger charge is -2.28. The molecular weight excluding hydrogens is 438 g/mol. The average molecular weight is 468 g/mol. The molecule has 2 atom stereocenters. The van der Waals surface area contributed by atoms with E-state index in [-0.39, 0.29) is 12.1 Å². The molecule has 0 spiro atoms. The molecule has 5 nitrogen and oxygen atoms in total. The number of pyridine rings is 2. The van der Waals surface area contributed by atoms with Crippen LogP contribution in [0.4, 0.5) is 5.69 Å². The Morgan fingerprint density at radius 3 is 2.38 bits per heavy atom. The first-order valence-corrected chi connectivity index (χ1v) is 12.1. The minimum absolute atomic E-state index is 0.00716. The molecule has 6 heteroatoms. The topological polar surface area (TPSA) is 46.0 Å². The van der Waals surface area contributed by atoms with E-state index in [9.17, 15) is 0 Å². The fraction of sp³-hybridized carbons (Fsp3) is 0.250. The number of hydrogen-bond acceptors (Lipinski definition) is 3. The molecule has 34 heavy (non-hydrogen) atoms. The Hall–Kier alpha value is -3.51. The van der Waals surface area contributed by atoms with Crippen LogP contribution in [0, 0.1) is 13.8 Å². The summed E-state index contributed by atoms with van der Waals surface area (Å²) in [5, 5.41) is 4.30. The van der Waals surface area contributed by atoms with Crippen LogP contribution in [0.25, 0.3) is 0 Å². The van der Waals surface area contributed by atoms with E-state index >= 15 is 0 Å². The zero-order valence-electron chi connectivity index (χ0n) is 19.8. The molecule has 1 fully saturated rings. The summed E-state index contributed by atoms with van der Waals surface area (Å²) in [4.78, 5) is 11.1. The molecule has 4 aromatic rings. The van der Waals surface area contributed by atoms with Gasteiger partial charge in [-0.2, -0.15) is 0 Å². The van der Waals surface area contributed by atoms with E-state index in [1.54, 1.807) is 0 Å². The van der Waals surface area contributed by atoms with Crippen LogP contribution in [-0.2, 0) is 13.0 Å². The largest absolute Gasteiger partial charge is 0.351 e. The summed E-state index contributed by atoms with van der Waals surface area (Å²) >= 11 is 5.90. The summed E-state index contributed by atoms with van der Waals surface area (Å²) in [7, 11) is 0. The molecule has 5 rings (SSSR count). The lowest BCUT2D eigenvalue weighted by Crippen LogP contribution is -2.29. The Labute approximate surface area is 206 Å². The molecule has 0 unspecified atom stereocenters. The summed E-state index contributed by atoms with van der Waals surface area (Å²) < 4.78 is 2.37. The van der Waals surface area contributed by atoms with Gasteiger partial charge in [-0.25, -0.2) is 0 Å². The van der Waals surface area contributed by atoms with E-state index in [4.69, 9.17) is 17.2 Å². The van der Waals surface area contributed by atoms with E-state index in [1.165, 1.54) is 28.1 Å². The first-order chi connectivity index (χ1) is 16.6. The van der Waals surface area contributed by atoms with Crippen molar-refractivity contribution in [1.82, 2.24) is 19.9 Å². The third-order valence-electron chi connectivity index (χ3n) is 6.74. The van der Waals surface area contributed by atoms with Crippen LogP contribution in [0.3, 0.4) is 0 Å². The van der Waals surface area contributed by atoms with E-state index in [2.05, 4.69) is 89.1 Å². The molecular formula is C28H29N5S. The van der Waals surface area contributed by atoms with Crippen molar-refractivity contribution in [2.45, 2.75) is 45.8 Å². The van der Waals surface area contributed by atoms with E-state index < -0.39 is 0 Å². The van der Waals surface area contributed by atoms with Gasteiger partial charge in [0.2, 0.25) is 0 Å². The molecule has 172 valence electrons. The molecule has 4 heterocycles. The second-order valence-corrected chi connectivity index (χ2v) is 9.17. The first-order valence-electron chi connectivity index (χ1n) is 11.7. The molecule has 0 amide bonds. The highest BCUT2D eigenvalue weighted by molar-refractivity contribution is 7.80. The molecule has 0 bridgehead atoms. The van der Waals surface area contributed by atoms with Crippen molar-refractivity contribution in [1.29, 1.82) is 0 Å². The number of aryl methyl sites for hydroxylation is 2. The van der Waals surface area contributed by atoms with Gasteiger partial charge < -0.3 is 14.8 Å². The van der Waals surface area contributed by atoms with Crippen LogP contribution < -0.4 is 10.2 Å². The molecule has 1 N–H and O–H groups in total. The number of nitrogens with one attached hydrogen (secondary N) is 1. The Morgan fingerprint density at radius 2 is 1.71 bits per heavy atom. The van der Waals surface area contributed by atoms with Crippen molar-refractivity contribution in [3.05, 3.63) is 113 Å². The molecule has 1 aliphatic heterocycles. The second-order valence-electron chi connectivity index (χ2n) is 8.78. The highest BCUT2D eigenvalue weighted by atomic mass is 32.1. The zero-order valence-corrected chi connectivity index (χ0v) is 20.6. The minimum atomic E-state index is -0.0468. The van der Waals surface area contributed by atoms with Crippen molar-refractivity contribution in [2.75, 3.05) is 4.90 Å². The normalized spacial score (nSPS) is 17.7. The van der Waals surface area contributed by atoms with Crippen LogP contribution in [-0.4, -0.2) is 19.6 Å².